The summed E-state index contributed by atoms with van der Waals surface area (Å²) in [7, 11) is 0. The van der Waals surface area contributed by atoms with Gasteiger partial charge in [0.25, 0.3) is 0 Å². The molecule has 0 bridgehead atoms. The van der Waals surface area contributed by atoms with Gasteiger partial charge in [0.15, 0.2) is 0 Å². The van der Waals surface area contributed by atoms with Crippen LogP contribution >= 0.6 is 23.4 Å². The Morgan fingerprint density at radius 3 is 2.88 bits per heavy atom. The van der Waals surface area contributed by atoms with E-state index >= 15 is 0 Å². The monoisotopic (exact) mass is 264 g/mol. The van der Waals surface area contributed by atoms with Crippen LogP contribution in [-0.2, 0) is 6.54 Å². The van der Waals surface area contributed by atoms with Crippen molar-refractivity contribution in [3.8, 4) is 0 Å². The fraction of sp³-hybridized carbons (Fsp3) is 0.154. The smallest absolute Gasteiger partial charge is 0.105 e. The third kappa shape index (κ3) is 3.00. The van der Waals surface area contributed by atoms with Crippen molar-refractivity contribution in [1.29, 1.82) is 0 Å². The van der Waals surface area contributed by atoms with E-state index in [-0.39, 0.29) is 0 Å². The van der Waals surface area contributed by atoms with E-state index in [1.165, 1.54) is 5.56 Å². The molecule has 1 heterocycles. The Hall–Kier alpha value is -1.03. The molecule has 0 unspecified atom stereocenters. The average Bonchev–Trinajstić information content (AvgIpc) is 2.29. The molecule has 0 saturated carbocycles. The van der Waals surface area contributed by atoms with Gasteiger partial charge in [-0.05, 0) is 36.8 Å². The van der Waals surface area contributed by atoms with E-state index in [2.05, 4.69) is 4.98 Å². The van der Waals surface area contributed by atoms with Crippen molar-refractivity contribution in [3.05, 3.63) is 52.7 Å². The molecule has 1 aromatic carbocycles. The number of benzene rings is 1. The largest absolute Gasteiger partial charge is 0.326 e. The van der Waals surface area contributed by atoms with Crippen LogP contribution in [0.15, 0.2) is 46.5 Å². The summed E-state index contributed by atoms with van der Waals surface area (Å²) in [6.45, 7) is 2.55. The van der Waals surface area contributed by atoms with Crippen molar-refractivity contribution in [2.45, 2.75) is 23.4 Å². The lowest BCUT2D eigenvalue weighted by Crippen LogP contribution is -2.02. The molecule has 0 fully saturated rings. The van der Waals surface area contributed by atoms with E-state index in [0.29, 0.717) is 6.54 Å². The molecular weight excluding hydrogens is 252 g/mol. The molecule has 88 valence electrons. The van der Waals surface area contributed by atoms with Crippen LogP contribution in [0.5, 0.6) is 0 Å². The summed E-state index contributed by atoms with van der Waals surface area (Å²) >= 11 is 7.55. The second-order valence-electron chi connectivity index (χ2n) is 3.68. The molecule has 2 nitrogen and oxygen atoms in total. The van der Waals surface area contributed by atoms with Crippen molar-refractivity contribution in [2.24, 2.45) is 5.73 Å². The summed E-state index contributed by atoms with van der Waals surface area (Å²) in [4.78, 5) is 5.45. The van der Waals surface area contributed by atoms with E-state index in [0.717, 1.165) is 20.5 Å². The fourth-order valence-corrected chi connectivity index (χ4v) is 2.83. The topological polar surface area (TPSA) is 38.9 Å². The third-order valence-corrected chi connectivity index (χ3v) is 3.74. The maximum absolute atomic E-state index is 5.96. The standard InChI is InChI=1S/C13H13ClN2S/c1-9-5-6-16-13(12(9)8-15)17-11-4-2-3-10(14)7-11/h2-7H,8,15H2,1H3. The van der Waals surface area contributed by atoms with Gasteiger partial charge in [0.2, 0.25) is 0 Å². The van der Waals surface area contributed by atoms with Crippen LogP contribution in [0, 0.1) is 6.92 Å². The molecule has 0 amide bonds. The van der Waals surface area contributed by atoms with Gasteiger partial charge in [-0.15, -0.1) is 0 Å². The normalized spacial score (nSPS) is 10.5. The molecule has 1 aromatic heterocycles. The van der Waals surface area contributed by atoms with E-state index in [1.54, 1.807) is 18.0 Å². The average molecular weight is 265 g/mol. The Balaban J connectivity index is 2.33. The molecule has 0 radical (unpaired) electrons. The van der Waals surface area contributed by atoms with Crippen LogP contribution in [0.3, 0.4) is 0 Å². The van der Waals surface area contributed by atoms with Crippen molar-refractivity contribution >= 4 is 23.4 Å². The summed E-state index contributed by atoms with van der Waals surface area (Å²) in [5, 5.41) is 1.69. The van der Waals surface area contributed by atoms with Gasteiger partial charge < -0.3 is 5.73 Å². The minimum atomic E-state index is 0.503. The Kier molecular flexibility index (Phi) is 4.05. The maximum atomic E-state index is 5.96. The third-order valence-electron chi connectivity index (χ3n) is 2.47. The second kappa shape index (κ2) is 5.54. The van der Waals surface area contributed by atoms with E-state index < -0.39 is 0 Å². The van der Waals surface area contributed by atoms with Crippen molar-refractivity contribution in [3.63, 3.8) is 0 Å². The molecule has 0 atom stereocenters. The van der Waals surface area contributed by atoms with Crippen LogP contribution in [0.4, 0.5) is 0 Å². The number of rotatable bonds is 3. The number of aryl methyl sites for hydroxylation is 1. The fourth-order valence-electron chi connectivity index (χ4n) is 1.54. The number of hydrogen-bond acceptors (Lipinski definition) is 3. The predicted molar refractivity (Wildman–Crippen MR) is 72.4 cm³/mol. The highest BCUT2D eigenvalue weighted by molar-refractivity contribution is 7.99. The van der Waals surface area contributed by atoms with Crippen molar-refractivity contribution in [2.75, 3.05) is 0 Å². The quantitative estimate of drug-likeness (QED) is 0.920. The van der Waals surface area contributed by atoms with Crippen molar-refractivity contribution < 1.29 is 0 Å². The minimum absolute atomic E-state index is 0.503. The van der Waals surface area contributed by atoms with Gasteiger partial charge in [-0.1, -0.05) is 29.4 Å². The first-order valence-corrected chi connectivity index (χ1v) is 6.48. The molecule has 0 aliphatic heterocycles. The SMILES string of the molecule is Cc1ccnc(Sc2cccc(Cl)c2)c1CN. The first-order valence-electron chi connectivity index (χ1n) is 5.28. The number of hydrogen-bond donors (Lipinski definition) is 1. The predicted octanol–water partition coefficient (Wildman–Crippen LogP) is 3.65. The van der Waals surface area contributed by atoms with Crippen LogP contribution in [0.2, 0.25) is 5.02 Å². The summed E-state index contributed by atoms with van der Waals surface area (Å²) in [6.07, 6.45) is 1.81. The van der Waals surface area contributed by atoms with Gasteiger partial charge >= 0.3 is 0 Å². The van der Waals surface area contributed by atoms with E-state index in [4.69, 9.17) is 17.3 Å². The molecule has 0 aliphatic rings. The summed E-state index contributed by atoms with van der Waals surface area (Å²) in [6, 6.07) is 9.71. The summed E-state index contributed by atoms with van der Waals surface area (Å²) < 4.78 is 0. The number of halogens is 1. The molecule has 17 heavy (non-hydrogen) atoms. The highest BCUT2D eigenvalue weighted by Crippen LogP contribution is 2.31. The van der Waals surface area contributed by atoms with Gasteiger partial charge in [0.05, 0.1) is 0 Å². The molecule has 0 aliphatic carbocycles. The van der Waals surface area contributed by atoms with Crippen molar-refractivity contribution in [1.82, 2.24) is 4.98 Å². The van der Waals surface area contributed by atoms with Gasteiger partial charge in [-0.25, -0.2) is 4.98 Å². The molecule has 2 N–H and O–H groups in total. The van der Waals surface area contributed by atoms with Gasteiger partial charge in [0, 0.05) is 28.2 Å². The highest BCUT2D eigenvalue weighted by atomic mass is 35.5. The molecular formula is C13H13ClN2S. The zero-order valence-electron chi connectivity index (χ0n) is 9.48. The maximum Gasteiger partial charge on any atom is 0.105 e. The van der Waals surface area contributed by atoms with Crippen LogP contribution in [0.25, 0.3) is 0 Å². The molecule has 2 rings (SSSR count). The molecule has 0 saturated heterocycles. The summed E-state index contributed by atoms with van der Waals surface area (Å²) in [5.41, 5.74) is 8.02. The Labute approximate surface area is 110 Å². The van der Waals surface area contributed by atoms with Crippen LogP contribution in [-0.4, -0.2) is 4.98 Å². The first kappa shape index (κ1) is 12.4. The number of nitrogens with zero attached hydrogens (tertiary/aromatic N) is 1. The van der Waals surface area contributed by atoms with E-state index in [1.807, 2.05) is 37.3 Å². The number of aromatic nitrogens is 1. The molecule has 2 aromatic rings. The lowest BCUT2D eigenvalue weighted by atomic mass is 10.2. The molecule has 4 heteroatoms. The lowest BCUT2D eigenvalue weighted by Gasteiger charge is -2.09. The van der Waals surface area contributed by atoms with Crippen LogP contribution < -0.4 is 5.73 Å². The summed E-state index contributed by atoms with van der Waals surface area (Å²) in [5.74, 6) is 0. The Morgan fingerprint density at radius 1 is 1.35 bits per heavy atom. The zero-order chi connectivity index (χ0) is 12.3. The molecule has 0 spiro atoms. The van der Waals surface area contributed by atoms with Gasteiger partial charge in [-0.2, -0.15) is 0 Å². The van der Waals surface area contributed by atoms with Crippen LogP contribution in [0.1, 0.15) is 11.1 Å². The first-order chi connectivity index (χ1) is 8.20. The Morgan fingerprint density at radius 2 is 2.18 bits per heavy atom. The lowest BCUT2D eigenvalue weighted by molar-refractivity contribution is 0.943. The second-order valence-corrected chi connectivity index (χ2v) is 5.17. The number of nitrogens with two attached hydrogens (primary N) is 1. The number of pyridine rings is 1. The van der Waals surface area contributed by atoms with E-state index in [9.17, 15) is 0 Å². The zero-order valence-corrected chi connectivity index (χ0v) is 11.1. The van der Waals surface area contributed by atoms with Gasteiger partial charge in [0.1, 0.15) is 5.03 Å². The van der Waals surface area contributed by atoms with Gasteiger partial charge in [-0.3, -0.25) is 0 Å². The Bertz CT molecular complexity index is 529. The highest BCUT2D eigenvalue weighted by Gasteiger charge is 2.07. The minimum Gasteiger partial charge on any atom is -0.326 e.